The largest absolute Gasteiger partial charge is 0.328 e. The molecule has 1 fully saturated rings. The number of amides is 2. The highest BCUT2D eigenvalue weighted by atomic mass is 32.2. The summed E-state index contributed by atoms with van der Waals surface area (Å²) in [6.07, 6.45) is 3.89. The van der Waals surface area contributed by atoms with Gasteiger partial charge in [0.25, 0.3) is 0 Å². The van der Waals surface area contributed by atoms with E-state index in [1.807, 2.05) is 35.7 Å². The number of carbonyl (C=O) groups is 1. The summed E-state index contributed by atoms with van der Waals surface area (Å²) in [5.41, 5.74) is 0.727. The number of rotatable bonds is 4. The molecule has 2 aromatic heterocycles. The molecule has 1 aliphatic rings. The number of hydrogen-bond acceptors (Lipinski definition) is 5. The maximum absolute atomic E-state index is 12.9. The molecule has 1 unspecified atom stereocenters. The summed E-state index contributed by atoms with van der Waals surface area (Å²) in [6.45, 7) is 6.12. The smallest absolute Gasteiger partial charge is 0.318 e. The number of nitrogens with one attached hydrogen (secondary N) is 1. The number of hydrogen-bond donors (Lipinski definition) is 1. The first-order valence-electron chi connectivity index (χ1n) is 9.32. The Labute approximate surface area is 159 Å². The first-order chi connectivity index (χ1) is 12.7. The van der Waals surface area contributed by atoms with Crippen LogP contribution in [0.2, 0.25) is 0 Å². The van der Waals surface area contributed by atoms with Gasteiger partial charge in [-0.25, -0.2) is 13.2 Å². The summed E-state index contributed by atoms with van der Waals surface area (Å²) < 4.78 is 25.8. The molecule has 0 spiro atoms. The highest BCUT2D eigenvalue weighted by molar-refractivity contribution is 7.92. The molecule has 8 nitrogen and oxygen atoms in total. The summed E-state index contributed by atoms with van der Waals surface area (Å²) in [4.78, 5) is 14.4. The molecule has 3 rings (SSSR count). The first-order valence-corrected chi connectivity index (χ1v) is 11.0. The fourth-order valence-electron chi connectivity index (χ4n) is 3.27. The van der Waals surface area contributed by atoms with Gasteiger partial charge in [-0.1, -0.05) is 19.4 Å². The predicted molar refractivity (Wildman–Crippen MR) is 103 cm³/mol. The summed E-state index contributed by atoms with van der Waals surface area (Å²) in [5, 5.41) is 11.5. The maximum atomic E-state index is 12.9. The van der Waals surface area contributed by atoms with Gasteiger partial charge in [0.2, 0.25) is 0 Å². The average Bonchev–Trinajstić information content (AvgIpc) is 3.00. The van der Waals surface area contributed by atoms with E-state index in [1.54, 1.807) is 18.7 Å². The second-order valence-electron chi connectivity index (χ2n) is 7.59. The Hall–Kier alpha value is -2.16. The van der Waals surface area contributed by atoms with Gasteiger partial charge < -0.3 is 10.2 Å². The van der Waals surface area contributed by atoms with E-state index in [1.165, 1.54) is 0 Å². The fourth-order valence-corrected chi connectivity index (χ4v) is 4.69. The zero-order valence-electron chi connectivity index (χ0n) is 16.1. The Morgan fingerprint density at radius 1 is 1.30 bits per heavy atom. The van der Waals surface area contributed by atoms with Gasteiger partial charge in [0.05, 0.1) is 16.5 Å². The van der Waals surface area contributed by atoms with Crippen molar-refractivity contribution in [2.24, 2.45) is 0 Å². The number of nitrogens with zero attached hydrogens (tertiary/aromatic N) is 4. The molecule has 2 amide bonds. The lowest BCUT2D eigenvalue weighted by Crippen LogP contribution is -2.43. The van der Waals surface area contributed by atoms with Crippen molar-refractivity contribution in [1.29, 1.82) is 0 Å². The third kappa shape index (κ3) is 3.92. The third-order valence-electron chi connectivity index (χ3n) is 5.27. The number of carbonyl (C=O) groups excluding carboxylic acids is 1. The van der Waals surface area contributed by atoms with Gasteiger partial charge in [-0.3, -0.25) is 4.40 Å². The molecular formula is C18H27N5O3S. The Morgan fingerprint density at radius 3 is 2.81 bits per heavy atom. The molecule has 0 saturated carbocycles. The van der Waals surface area contributed by atoms with E-state index in [0.29, 0.717) is 18.8 Å². The SMILES string of the molecule is CCCC(NC(=O)N1CCC(C)(C)S(=O)(=O)CC1)c1nnc2ccccn12. The van der Waals surface area contributed by atoms with Crippen LogP contribution in [0.15, 0.2) is 24.4 Å². The second-order valence-corrected chi connectivity index (χ2v) is 10.3. The van der Waals surface area contributed by atoms with Gasteiger partial charge in [-0.05, 0) is 38.8 Å². The van der Waals surface area contributed by atoms with Crippen LogP contribution in [-0.4, -0.2) is 57.5 Å². The number of sulfone groups is 1. The maximum Gasteiger partial charge on any atom is 0.318 e. The van der Waals surface area contributed by atoms with Gasteiger partial charge in [0.1, 0.15) is 0 Å². The molecule has 1 atom stereocenters. The van der Waals surface area contributed by atoms with Gasteiger partial charge in [-0.15, -0.1) is 10.2 Å². The normalized spacial score (nSPS) is 20.2. The number of fused-ring (bicyclic) bond motifs is 1. The van der Waals surface area contributed by atoms with E-state index in [9.17, 15) is 13.2 Å². The molecular weight excluding hydrogens is 366 g/mol. The van der Waals surface area contributed by atoms with E-state index >= 15 is 0 Å². The fraction of sp³-hybridized carbons (Fsp3) is 0.611. The van der Waals surface area contributed by atoms with Crippen molar-refractivity contribution < 1.29 is 13.2 Å². The van der Waals surface area contributed by atoms with Crippen LogP contribution < -0.4 is 5.32 Å². The van der Waals surface area contributed by atoms with E-state index in [0.717, 1.165) is 18.5 Å². The van der Waals surface area contributed by atoms with Gasteiger partial charge in [-0.2, -0.15) is 0 Å². The molecule has 1 aliphatic heterocycles. The van der Waals surface area contributed by atoms with Crippen LogP contribution >= 0.6 is 0 Å². The van der Waals surface area contributed by atoms with Crippen LogP contribution in [0.3, 0.4) is 0 Å². The molecule has 1 saturated heterocycles. The molecule has 1 N–H and O–H groups in total. The monoisotopic (exact) mass is 393 g/mol. The Kier molecular flexibility index (Phi) is 5.41. The third-order valence-corrected chi connectivity index (χ3v) is 7.88. The Bertz CT molecular complexity index is 922. The lowest BCUT2D eigenvalue weighted by Gasteiger charge is -2.25. The van der Waals surface area contributed by atoms with Crippen LogP contribution in [0.4, 0.5) is 4.79 Å². The van der Waals surface area contributed by atoms with Gasteiger partial charge >= 0.3 is 6.03 Å². The second kappa shape index (κ2) is 7.46. The number of urea groups is 1. The highest BCUT2D eigenvalue weighted by Gasteiger charge is 2.38. The Morgan fingerprint density at radius 2 is 2.07 bits per heavy atom. The van der Waals surface area contributed by atoms with Crippen molar-refractivity contribution in [2.45, 2.75) is 50.8 Å². The van der Waals surface area contributed by atoms with E-state index in [4.69, 9.17) is 0 Å². The predicted octanol–water partition coefficient (Wildman–Crippen LogP) is 2.18. The number of aromatic nitrogens is 3. The van der Waals surface area contributed by atoms with Crippen LogP contribution in [0.5, 0.6) is 0 Å². The van der Waals surface area contributed by atoms with Crippen LogP contribution in [0, 0.1) is 0 Å². The van der Waals surface area contributed by atoms with Crippen LogP contribution in [0.25, 0.3) is 5.65 Å². The molecule has 9 heteroatoms. The number of pyridine rings is 1. The van der Waals surface area contributed by atoms with Crippen molar-refractivity contribution in [3.63, 3.8) is 0 Å². The molecule has 0 radical (unpaired) electrons. The molecule has 0 aliphatic carbocycles. The topological polar surface area (TPSA) is 96.7 Å². The van der Waals surface area contributed by atoms with Crippen molar-refractivity contribution in [3.8, 4) is 0 Å². The van der Waals surface area contributed by atoms with Crippen molar-refractivity contribution in [2.75, 3.05) is 18.8 Å². The standard InChI is InChI=1S/C18H27N5O3S/c1-4-7-14(16-21-20-15-8-5-6-10-23(15)16)19-17(24)22-11-9-18(2,3)27(25,26)13-12-22/h5-6,8,10,14H,4,7,9,11-13H2,1-3H3,(H,19,24). The minimum Gasteiger partial charge on any atom is -0.328 e. The highest BCUT2D eigenvalue weighted by Crippen LogP contribution is 2.25. The lowest BCUT2D eigenvalue weighted by atomic mass is 10.1. The molecule has 148 valence electrons. The van der Waals surface area contributed by atoms with Crippen molar-refractivity contribution >= 4 is 21.5 Å². The summed E-state index contributed by atoms with van der Waals surface area (Å²) >= 11 is 0. The first kappa shape index (κ1) is 19.6. The van der Waals surface area contributed by atoms with Gasteiger partial charge in [0, 0.05) is 19.3 Å². The van der Waals surface area contributed by atoms with E-state index < -0.39 is 14.6 Å². The zero-order valence-corrected chi connectivity index (χ0v) is 16.9. The van der Waals surface area contributed by atoms with Crippen LogP contribution in [0.1, 0.15) is 51.9 Å². The van der Waals surface area contributed by atoms with E-state index in [-0.39, 0.29) is 24.4 Å². The molecule has 2 aromatic rings. The summed E-state index contributed by atoms with van der Waals surface area (Å²) in [7, 11) is -3.22. The molecule has 0 bridgehead atoms. The minimum absolute atomic E-state index is 0.0142. The van der Waals surface area contributed by atoms with E-state index in [2.05, 4.69) is 15.5 Å². The summed E-state index contributed by atoms with van der Waals surface area (Å²) in [5.74, 6) is 0.670. The Balaban J connectivity index is 1.78. The quantitative estimate of drug-likeness (QED) is 0.859. The molecule has 3 heterocycles. The zero-order chi connectivity index (χ0) is 19.7. The minimum atomic E-state index is -3.22. The molecule has 0 aromatic carbocycles. The molecule has 27 heavy (non-hydrogen) atoms. The van der Waals surface area contributed by atoms with Crippen molar-refractivity contribution in [1.82, 2.24) is 24.8 Å². The average molecular weight is 394 g/mol. The summed E-state index contributed by atoms with van der Waals surface area (Å²) in [6, 6.07) is 5.11. The van der Waals surface area contributed by atoms with Crippen LogP contribution in [-0.2, 0) is 9.84 Å². The van der Waals surface area contributed by atoms with Crippen molar-refractivity contribution in [3.05, 3.63) is 30.2 Å². The lowest BCUT2D eigenvalue weighted by molar-refractivity contribution is 0.194. The van der Waals surface area contributed by atoms with Gasteiger partial charge in [0.15, 0.2) is 21.3 Å².